The molecule has 1 amide bonds. The van der Waals surface area contributed by atoms with Crippen molar-refractivity contribution in [3.05, 3.63) is 29.8 Å². The summed E-state index contributed by atoms with van der Waals surface area (Å²) in [6.45, 7) is 2.99. The molecule has 0 radical (unpaired) electrons. The molecule has 1 rings (SSSR count). The number of benzene rings is 1. The molecule has 20 heavy (non-hydrogen) atoms. The Morgan fingerprint density at radius 2 is 1.90 bits per heavy atom. The maximum atomic E-state index is 11.8. The molecule has 0 heterocycles. The Hall–Kier alpha value is -1.59. The average molecular weight is 281 g/mol. The first-order chi connectivity index (χ1) is 9.71. The highest BCUT2D eigenvalue weighted by Gasteiger charge is 2.12. The zero-order chi connectivity index (χ0) is 14.8. The van der Waals surface area contributed by atoms with Crippen LogP contribution in [0.5, 0.6) is 5.75 Å². The molecule has 0 aliphatic heterocycles. The summed E-state index contributed by atoms with van der Waals surface area (Å²) in [6.07, 6.45) is 0.816. The molecule has 0 saturated heterocycles. The number of ether oxygens (including phenoxy) is 3. The number of carbonyl (C=O) groups excluding carboxylic acids is 1. The highest BCUT2D eigenvalue weighted by molar-refractivity contribution is 5.77. The maximum Gasteiger partial charge on any atom is 0.246 e. The SMILES string of the molecule is CCC(NC(=O)COCCOC)c1ccc(OC)cc1. The Balaban J connectivity index is 2.46. The maximum absolute atomic E-state index is 11.8. The van der Waals surface area contributed by atoms with Gasteiger partial charge in [-0.25, -0.2) is 0 Å². The summed E-state index contributed by atoms with van der Waals surface area (Å²) in [5, 5.41) is 2.95. The van der Waals surface area contributed by atoms with E-state index >= 15 is 0 Å². The quantitative estimate of drug-likeness (QED) is 0.703. The van der Waals surface area contributed by atoms with Crippen molar-refractivity contribution in [1.29, 1.82) is 0 Å². The monoisotopic (exact) mass is 281 g/mol. The van der Waals surface area contributed by atoms with E-state index in [1.165, 1.54) is 0 Å². The lowest BCUT2D eigenvalue weighted by molar-refractivity contribution is -0.126. The number of hydrogen-bond acceptors (Lipinski definition) is 4. The number of hydrogen-bond donors (Lipinski definition) is 1. The highest BCUT2D eigenvalue weighted by atomic mass is 16.5. The van der Waals surface area contributed by atoms with Crippen molar-refractivity contribution in [2.75, 3.05) is 34.0 Å². The third-order valence-electron chi connectivity index (χ3n) is 2.93. The Labute approximate surface area is 120 Å². The number of nitrogens with one attached hydrogen (secondary N) is 1. The zero-order valence-electron chi connectivity index (χ0n) is 12.3. The van der Waals surface area contributed by atoms with Crippen molar-refractivity contribution in [3.8, 4) is 5.75 Å². The molecule has 0 saturated carbocycles. The molecule has 0 fully saturated rings. The van der Waals surface area contributed by atoms with Gasteiger partial charge in [0.25, 0.3) is 0 Å². The van der Waals surface area contributed by atoms with Crippen LogP contribution >= 0.6 is 0 Å². The summed E-state index contributed by atoms with van der Waals surface area (Å²) in [4.78, 5) is 11.8. The van der Waals surface area contributed by atoms with E-state index < -0.39 is 0 Å². The van der Waals surface area contributed by atoms with E-state index in [2.05, 4.69) is 5.32 Å². The van der Waals surface area contributed by atoms with Gasteiger partial charge in [-0.2, -0.15) is 0 Å². The van der Waals surface area contributed by atoms with E-state index in [4.69, 9.17) is 14.2 Å². The minimum absolute atomic E-state index is 0.0144. The molecular formula is C15H23NO4. The molecule has 0 spiro atoms. The van der Waals surface area contributed by atoms with Crippen LogP contribution in [0.3, 0.4) is 0 Å². The van der Waals surface area contributed by atoms with Gasteiger partial charge in [-0.15, -0.1) is 0 Å². The van der Waals surface area contributed by atoms with Gasteiger partial charge in [0.05, 0.1) is 26.4 Å². The van der Waals surface area contributed by atoms with Gasteiger partial charge in [0.15, 0.2) is 0 Å². The van der Waals surface area contributed by atoms with Crippen molar-refractivity contribution >= 4 is 5.91 Å². The Bertz CT molecular complexity index is 391. The first kappa shape index (κ1) is 16.5. The second-order valence-corrected chi connectivity index (χ2v) is 4.35. The standard InChI is InChI=1S/C15H23NO4/c1-4-14(12-5-7-13(19-3)8-6-12)16-15(17)11-20-10-9-18-2/h5-8,14H,4,9-11H2,1-3H3,(H,16,17). The predicted octanol–water partition coefficient (Wildman–Crippen LogP) is 1.93. The molecule has 5 nitrogen and oxygen atoms in total. The Morgan fingerprint density at radius 3 is 2.45 bits per heavy atom. The lowest BCUT2D eigenvalue weighted by Crippen LogP contribution is -2.31. The van der Waals surface area contributed by atoms with Crippen LogP contribution in [0.15, 0.2) is 24.3 Å². The predicted molar refractivity (Wildman–Crippen MR) is 76.9 cm³/mol. The summed E-state index contributed by atoms with van der Waals surface area (Å²) in [5.41, 5.74) is 1.05. The number of carbonyl (C=O) groups is 1. The molecule has 1 unspecified atom stereocenters. The molecule has 1 aromatic rings. The molecule has 0 bridgehead atoms. The van der Waals surface area contributed by atoms with Crippen LogP contribution in [0.2, 0.25) is 0 Å². The lowest BCUT2D eigenvalue weighted by Gasteiger charge is -2.17. The average Bonchev–Trinajstić information content (AvgIpc) is 2.49. The van der Waals surface area contributed by atoms with Crippen LogP contribution in [-0.4, -0.2) is 39.9 Å². The van der Waals surface area contributed by atoms with E-state index in [-0.39, 0.29) is 18.6 Å². The van der Waals surface area contributed by atoms with Gasteiger partial charge in [-0.1, -0.05) is 19.1 Å². The van der Waals surface area contributed by atoms with E-state index in [0.717, 1.165) is 17.7 Å². The van der Waals surface area contributed by atoms with E-state index in [1.54, 1.807) is 14.2 Å². The van der Waals surface area contributed by atoms with E-state index in [0.29, 0.717) is 13.2 Å². The van der Waals surface area contributed by atoms with Gasteiger partial charge < -0.3 is 19.5 Å². The topological polar surface area (TPSA) is 56.8 Å². The molecule has 112 valence electrons. The largest absolute Gasteiger partial charge is 0.497 e. The summed E-state index contributed by atoms with van der Waals surface area (Å²) < 4.78 is 15.2. The summed E-state index contributed by atoms with van der Waals surface area (Å²) >= 11 is 0. The molecule has 5 heteroatoms. The Morgan fingerprint density at radius 1 is 1.20 bits per heavy atom. The van der Waals surface area contributed by atoms with Crippen molar-refractivity contribution in [1.82, 2.24) is 5.32 Å². The van der Waals surface area contributed by atoms with Crippen LogP contribution in [0.25, 0.3) is 0 Å². The lowest BCUT2D eigenvalue weighted by atomic mass is 10.0. The summed E-state index contributed by atoms with van der Waals surface area (Å²) in [5.74, 6) is 0.682. The first-order valence-corrected chi connectivity index (χ1v) is 6.71. The highest BCUT2D eigenvalue weighted by Crippen LogP contribution is 2.19. The van der Waals surface area contributed by atoms with Gasteiger partial charge in [0.2, 0.25) is 5.91 Å². The van der Waals surface area contributed by atoms with Gasteiger partial charge in [-0.05, 0) is 24.1 Å². The smallest absolute Gasteiger partial charge is 0.246 e. The molecule has 0 aliphatic rings. The minimum Gasteiger partial charge on any atom is -0.497 e. The third-order valence-corrected chi connectivity index (χ3v) is 2.93. The molecule has 1 N–H and O–H groups in total. The van der Waals surface area contributed by atoms with Crippen LogP contribution in [0.1, 0.15) is 24.9 Å². The van der Waals surface area contributed by atoms with Gasteiger partial charge in [0.1, 0.15) is 12.4 Å². The summed E-state index contributed by atoms with van der Waals surface area (Å²) in [7, 11) is 3.23. The number of rotatable bonds is 9. The van der Waals surface area contributed by atoms with Crippen molar-refractivity contribution < 1.29 is 19.0 Å². The van der Waals surface area contributed by atoms with Crippen LogP contribution in [-0.2, 0) is 14.3 Å². The van der Waals surface area contributed by atoms with Gasteiger partial charge in [0, 0.05) is 7.11 Å². The van der Waals surface area contributed by atoms with Crippen molar-refractivity contribution in [3.63, 3.8) is 0 Å². The normalized spacial score (nSPS) is 11.9. The fraction of sp³-hybridized carbons (Fsp3) is 0.533. The number of methoxy groups -OCH3 is 2. The number of amides is 1. The van der Waals surface area contributed by atoms with Crippen LogP contribution in [0.4, 0.5) is 0 Å². The van der Waals surface area contributed by atoms with Crippen LogP contribution in [0, 0.1) is 0 Å². The summed E-state index contributed by atoms with van der Waals surface area (Å²) in [6, 6.07) is 7.68. The van der Waals surface area contributed by atoms with Gasteiger partial charge >= 0.3 is 0 Å². The third kappa shape index (κ3) is 5.59. The Kier molecular flexibility index (Phi) is 7.69. The van der Waals surface area contributed by atoms with Crippen LogP contribution < -0.4 is 10.1 Å². The second kappa shape index (κ2) is 9.34. The molecule has 0 aliphatic carbocycles. The van der Waals surface area contributed by atoms with Crippen molar-refractivity contribution in [2.45, 2.75) is 19.4 Å². The molecular weight excluding hydrogens is 258 g/mol. The molecule has 1 atom stereocenters. The first-order valence-electron chi connectivity index (χ1n) is 6.71. The molecule has 1 aromatic carbocycles. The second-order valence-electron chi connectivity index (χ2n) is 4.35. The zero-order valence-corrected chi connectivity index (χ0v) is 12.3. The fourth-order valence-electron chi connectivity index (χ4n) is 1.80. The van der Waals surface area contributed by atoms with Gasteiger partial charge in [-0.3, -0.25) is 4.79 Å². The van der Waals surface area contributed by atoms with E-state index in [9.17, 15) is 4.79 Å². The van der Waals surface area contributed by atoms with E-state index in [1.807, 2.05) is 31.2 Å². The van der Waals surface area contributed by atoms with Crippen molar-refractivity contribution in [2.24, 2.45) is 0 Å². The molecule has 0 aromatic heterocycles. The fourth-order valence-corrected chi connectivity index (χ4v) is 1.80. The minimum atomic E-state index is -0.122.